The first kappa shape index (κ1) is 15.3. The van der Waals surface area contributed by atoms with E-state index >= 15 is 0 Å². The van der Waals surface area contributed by atoms with Gasteiger partial charge in [-0.2, -0.15) is 5.26 Å². The molecule has 0 aliphatic carbocycles. The lowest BCUT2D eigenvalue weighted by Crippen LogP contribution is -2.14. The Morgan fingerprint density at radius 3 is 2.67 bits per heavy atom. The first-order chi connectivity index (χ1) is 9.83. The molecule has 1 aromatic heterocycles. The van der Waals surface area contributed by atoms with Gasteiger partial charge in [-0.3, -0.25) is 0 Å². The van der Waals surface area contributed by atoms with E-state index in [0.717, 1.165) is 0 Å². The molecule has 0 fully saturated rings. The summed E-state index contributed by atoms with van der Waals surface area (Å²) in [5.74, 6) is 0.283. The van der Waals surface area contributed by atoms with Crippen molar-refractivity contribution in [2.75, 3.05) is 4.72 Å². The number of nitriles is 1. The van der Waals surface area contributed by atoms with Crippen LogP contribution in [0.2, 0.25) is 5.02 Å². The summed E-state index contributed by atoms with van der Waals surface area (Å²) >= 11 is 5.86. The Morgan fingerprint density at radius 1 is 1.38 bits per heavy atom. The van der Waals surface area contributed by atoms with Crippen molar-refractivity contribution in [1.82, 2.24) is 10.2 Å². The maximum absolute atomic E-state index is 12.2. The summed E-state index contributed by atoms with van der Waals surface area (Å²) < 4.78 is 31.8. The summed E-state index contributed by atoms with van der Waals surface area (Å²) in [6.07, 6.45) is 0. The molecule has 0 bridgehead atoms. The number of anilines is 1. The van der Waals surface area contributed by atoms with Crippen LogP contribution in [0.5, 0.6) is 0 Å². The number of sulfonamides is 1. The van der Waals surface area contributed by atoms with Crippen LogP contribution >= 0.6 is 11.6 Å². The Kier molecular flexibility index (Phi) is 4.16. The summed E-state index contributed by atoms with van der Waals surface area (Å²) in [5, 5.41) is 16.1. The molecule has 0 spiro atoms. The molecule has 7 nitrogen and oxygen atoms in total. The van der Waals surface area contributed by atoms with Crippen molar-refractivity contribution in [3.63, 3.8) is 0 Å². The lowest BCUT2D eigenvalue weighted by Gasteiger charge is -2.06. The second kappa shape index (κ2) is 5.71. The first-order valence-electron chi connectivity index (χ1n) is 5.89. The Hall–Kier alpha value is -2.11. The molecule has 2 aromatic rings. The maximum Gasteiger partial charge on any atom is 0.329 e. The average molecular weight is 327 g/mol. The molecule has 0 saturated carbocycles. The van der Waals surface area contributed by atoms with Gasteiger partial charge >= 0.3 is 6.01 Å². The van der Waals surface area contributed by atoms with Gasteiger partial charge in [0.1, 0.15) is 4.90 Å². The number of halogens is 1. The number of rotatable bonds is 4. The third-order valence-corrected chi connectivity index (χ3v) is 4.31. The Balaban J connectivity index is 2.36. The highest BCUT2D eigenvalue weighted by atomic mass is 35.5. The highest BCUT2D eigenvalue weighted by Crippen LogP contribution is 2.25. The van der Waals surface area contributed by atoms with E-state index in [4.69, 9.17) is 21.3 Å². The predicted octanol–water partition coefficient (Wildman–Crippen LogP) is 2.52. The fourth-order valence-electron chi connectivity index (χ4n) is 1.46. The summed E-state index contributed by atoms with van der Waals surface area (Å²) in [5.41, 5.74) is 0.174. The highest BCUT2D eigenvalue weighted by molar-refractivity contribution is 7.92. The van der Waals surface area contributed by atoms with Gasteiger partial charge in [-0.25, -0.2) is 13.1 Å². The molecule has 0 amide bonds. The average Bonchev–Trinajstić information content (AvgIpc) is 2.87. The van der Waals surface area contributed by atoms with Crippen LogP contribution in [0.25, 0.3) is 0 Å². The van der Waals surface area contributed by atoms with Crippen LogP contribution in [0.3, 0.4) is 0 Å². The van der Waals surface area contributed by atoms with Gasteiger partial charge in [0.05, 0.1) is 16.7 Å². The van der Waals surface area contributed by atoms with E-state index in [2.05, 4.69) is 14.9 Å². The zero-order valence-electron chi connectivity index (χ0n) is 11.2. The molecule has 1 N–H and O–H groups in total. The summed E-state index contributed by atoms with van der Waals surface area (Å²) in [6, 6.07) is 5.52. The number of nitrogens with one attached hydrogen (secondary N) is 1. The molecule has 0 saturated heterocycles. The lowest BCUT2D eigenvalue weighted by molar-refractivity contribution is 0.483. The third kappa shape index (κ3) is 3.32. The van der Waals surface area contributed by atoms with E-state index in [-0.39, 0.29) is 27.4 Å². The van der Waals surface area contributed by atoms with Gasteiger partial charge in [-0.1, -0.05) is 30.5 Å². The molecule has 0 aliphatic heterocycles. The highest BCUT2D eigenvalue weighted by Gasteiger charge is 2.22. The second-order valence-electron chi connectivity index (χ2n) is 4.46. The van der Waals surface area contributed by atoms with E-state index in [1.807, 2.05) is 19.9 Å². The van der Waals surface area contributed by atoms with Gasteiger partial charge in [0, 0.05) is 5.92 Å². The van der Waals surface area contributed by atoms with Crippen molar-refractivity contribution < 1.29 is 12.8 Å². The minimum atomic E-state index is -4.02. The number of hydrogen-bond donors (Lipinski definition) is 1. The van der Waals surface area contributed by atoms with E-state index in [1.54, 1.807) is 0 Å². The minimum Gasteiger partial charge on any atom is -0.407 e. The molecule has 0 aliphatic rings. The molecule has 0 radical (unpaired) electrons. The second-order valence-corrected chi connectivity index (χ2v) is 6.52. The number of benzene rings is 1. The molecule has 0 unspecified atom stereocenters. The van der Waals surface area contributed by atoms with Crippen LogP contribution in [0.4, 0.5) is 6.01 Å². The van der Waals surface area contributed by atoms with Crippen molar-refractivity contribution in [1.29, 1.82) is 5.26 Å². The SMILES string of the molecule is CC(C)c1nnc(NS(=O)(=O)c2cc(C#N)ccc2Cl)o1. The van der Waals surface area contributed by atoms with Gasteiger partial charge in [-0.15, -0.1) is 5.10 Å². The lowest BCUT2D eigenvalue weighted by atomic mass is 10.2. The smallest absolute Gasteiger partial charge is 0.329 e. The normalized spacial score (nSPS) is 11.4. The van der Waals surface area contributed by atoms with E-state index < -0.39 is 10.0 Å². The van der Waals surface area contributed by atoms with Crippen molar-refractivity contribution in [3.05, 3.63) is 34.7 Å². The predicted molar refractivity (Wildman–Crippen MR) is 75.4 cm³/mol. The monoisotopic (exact) mass is 326 g/mol. The van der Waals surface area contributed by atoms with Gasteiger partial charge in [-0.05, 0) is 18.2 Å². The Bertz CT molecular complexity index is 808. The van der Waals surface area contributed by atoms with Crippen LogP contribution in [-0.4, -0.2) is 18.6 Å². The minimum absolute atomic E-state index is 0.00917. The summed E-state index contributed by atoms with van der Waals surface area (Å²) in [4.78, 5) is -0.229. The largest absolute Gasteiger partial charge is 0.407 e. The van der Waals surface area contributed by atoms with E-state index in [0.29, 0.717) is 5.89 Å². The molecule has 110 valence electrons. The molecule has 21 heavy (non-hydrogen) atoms. The van der Waals surface area contributed by atoms with Gasteiger partial charge in [0.2, 0.25) is 5.89 Å². The van der Waals surface area contributed by atoms with Crippen LogP contribution in [0.15, 0.2) is 27.5 Å². The molecule has 1 aromatic carbocycles. The fourth-order valence-corrected chi connectivity index (χ4v) is 2.91. The first-order valence-corrected chi connectivity index (χ1v) is 7.75. The quantitative estimate of drug-likeness (QED) is 0.924. The Morgan fingerprint density at radius 2 is 2.10 bits per heavy atom. The van der Waals surface area contributed by atoms with Gasteiger partial charge in [0.25, 0.3) is 10.0 Å². The molecule has 2 rings (SSSR count). The van der Waals surface area contributed by atoms with Crippen molar-refractivity contribution in [3.8, 4) is 6.07 Å². The number of hydrogen-bond acceptors (Lipinski definition) is 6. The van der Waals surface area contributed by atoms with Crippen molar-refractivity contribution >= 4 is 27.6 Å². The number of nitrogens with zero attached hydrogens (tertiary/aromatic N) is 3. The summed E-state index contributed by atoms with van der Waals surface area (Å²) in [7, 11) is -4.02. The molecular formula is C12H11ClN4O3S. The Labute approximate surface area is 126 Å². The van der Waals surface area contributed by atoms with Crippen molar-refractivity contribution in [2.24, 2.45) is 0 Å². The zero-order valence-corrected chi connectivity index (χ0v) is 12.7. The molecule has 0 atom stereocenters. The van der Waals surface area contributed by atoms with Crippen LogP contribution < -0.4 is 4.72 Å². The molecule has 9 heteroatoms. The van der Waals surface area contributed by atoms with E-state index in [9.17, 15) is 8.42 Å². The standard InChI is InChI=1S/C12H11ClN4O3S/c1-7(2)11-15-16-12(20-11)17-21(18,19)10-5-8(6-14)3-4-9(10)13/h3-5,7H,1-2H3,(H,16,17). The molecular weight excluding hydrogens is 316 g/mol. The van der Waals surface area contributed by atoms with Crippen LogP contribution in [0.1, 0.15) is 31.2 Å². The molecule has 1 heterocycles. The third-order valence-electron chi connectivity index (χ3n) is 2.51. The van der Waals surface area contributed by atoms with Gasteiger partial charge in [0.15, 0.2) is 0 Å². The van der Waals surface area contributed by atoms with Gasteiger partial charge < -0.3 is 4.42 Å². The summed E-state index contributed by atoms with van der Waals surface area (Å²) in [6.45, 7) is 3.66. The zero-order chi connectivity index (χ0) is 15.6. The van der Waals surface area contributed by atoms with E-state index in [1.165, 1.54) is 18.2 Å². The topological polar surface area (TPSA) is 109 Å². The number of aromatic nitrogens is 2. The van der Waals surface area contributed by atoms with Crippen molar-refractivity contribution in [2.45, 2.75) is 24.7 Å². The van der Waals surface area contributed by atoms with Crippen LogP contribution in [-0.2, 0) is 10.0 Å². The van der Waals surface area contributed by atoms with Crippen LogP contribution in [0, 0.1) is 11.3 Å². The maximum atomic E-state index is 12.2. The fraction of sp³-hybridized carbons (Fsp3) is 0.250.